The monoisotopic (exact) mass is 284 g/mol. The predicted octanol–water partition coefficient (Wildman–Crippen LogP) is 1.90. The van der Waals surface area contributed by atoms with E-state index in [2.05, 4.69) is 0 Å². The van der Waals surface area contributed by atoms with Gasteiger partial charge in [-0.15, -0.1) is 0 Å². The van der Waals surface area contributed by atoms with Crippen LogP contribution < -0.4 is 5.73 Å². The molecule has 1 aliphatic rings. The Kier molecular flexibility index (Phi) is 3.97. The number of carbonyl (C=O) groups excluding carboxylic acids is 1. The number of thiocarbonyl (C=S) groups is 1. The number of nitrogens with two attached hydrogens (primary N) is 1. The number of amides is 1. The highest BCUT2D eigenvalue weighted by atomic mass is 32.2. The molecular formula is C12H16N2O2S2. The molecule has 1 saturated heterocycles. The normalized spacial score (nSPS) is 18.6. The molecule has 0 spiro atoms. The summed E-state index contributed by atoms with van der Waals surface area (Å²) < 4.78 is 4.78. The Labute approximate surface area is 116 Å². The number of thioether (sulfide) groups is 1. The summed E-state index contributed by atoms with van der Waals surface area (Å²) in [6, 6.07) is 1.69. The Bertz CT molecular complexity index is 437. The van der Waals surface area contributed by atoms with Crippen LogP contribution >= 0.6 is 24.0 Å². The number of likely N-dealkylation sites (tertiary alicyclic amines) is 1. The van der Waals surface area contributed by atoms with Crippen molar-refractivity contribution in [3.63, 3.8) is 0 Å². The van der Waals surface area contributed by atoms with Crippen LogP contribution in [-0.2, 0) is 0 Å². The lowest BCUT2D eigenvalue weighted by atomic mass is 9.95. The van der Waals surface area contributed by atoms with Gasteiger partial charge in [0.15, 0.2) is 0 Å². The Morgan fingerprint density at radius 2 is 2.22 bits per heavy atom. The van der Waals surface area contributed by atoms with Gasteiger partial charge in [-0.3, -0.25) is 4.79 Å². The van der Waals surface area contributed by atoms with E-state index in [1.165, 1.54) is 12.5 Å². The lowest BCUT2D eigenvalue weighted by Crippen LogP contribution is -2.50. The minimum Gasteiger partial charge on any atom is -0.472 e. The second-order valence-corrected chi connectivity index (χ2v) is 6.00. The van der Waals surface area contributed by atoms with Gasteiger partial charge in [0.1, 0.15) is 6.26 Å². The highest BCUT2D eigenvalue weighted by Gasteiger charge is 2.38. The van der Waals surface area contributed by atoms with E-state index < -0.39 is 0 Å². The SMILES string of the molecule is CSC1(C(N)=S)CCN(C(=O)c2ccoc2)CC1. The number of piperidine rings is 1. The van der Waals surface area contributed by atoms with Gasteiger partial charge in [0, 0.05) is 13.1 Å². The van der Waals surface area contributed by atoms with Gasteiger partial charge >= 0.3 is 0 Å². The third-order valence-electron chi connectivity index (χ3n) is 3.47. The van der Waals surface area contributed by atoms with Crippen LogP contribution in [0.5, 0.6) is 0 Å². The Morgan fingerprint density at radius 1 is 1.56 bits per heavy atom. The fourth-order valence-corrected chi connectivity index (χ4v) is 3.44. The zero-order valence-corrected chi connectivity index (χ0v) is 11.9. The molecular weight excluding hydrogens is 268 g/mol. The number of hydrogen-bond acceptors (Lipinski definition) is 4. The number of carbonyl (C=O) groups is 1. The maximum atomic E-state index is 12.1. The lowest BCUT2D eigenvalue weighted by Gasteiger charge is -2.39. The van der Waals surface area contributed by atoms with E-state index >= 15 is 0 Å². The molecule has 98 valence electrons. The second-order valence-electron chi connectivity index (χ2n) is 4.37. The van der Waals surface area contributed by atoms with E-state index in [0.29, 0.717) is 23.6 Å². The molecule has 1 aromatic heterocycles. The molecule has 2 N–H and O–H groups in total. The summed E-state index contributed by atoms with van der Waals surface area (Å²) in [6.07, 6.45) is 6.64. The van der Waals surface area contributed by atoms with Crippen molar-refractivity contribution < 1.29 is 9.21 Å². The van der Waals surface area contributed by atoms with Crippen molar-refractivity contribution in [3.8, 4) is 0 Å². The summed E-state index contributed by atoms with van der Waals surface area (Å²) in [4.78, 5) is 14.5. The van der Waals surface area contributed by atoms with E-state index in [4.69, 9.17) is 22.4 Å². The van der Waals surface area contributed by atoms with Gasteiger partial charge in [0.2, 0.25) is 0 Å². The van der Waals surface area contributed by atoms with Crippen molar-refractivity contribution in [1.29, 1.82) is 0 Å². The Balaban J connectivity index is 2.02. The Morgan fingerprint density at radius 3 is 2.67 bits per heavy atom. The molecule has 1 amide bonds. The van der Waals surface area contributed by atoms with Crippen molar-refractivity contribution in [2.75, 3.05) is 19.3 Å². The standard InChI is InChI=1S/C12H16N2O2S2/c1-18-12(11(13)17)3-5-14(6-4-12)10(15)9-2-7-16-8-9/h2,7-8H,3-6H2,1H3,(H2,13,17). The first-order valence-electron chi connectivity index (χ1n) is 5.75. The quantitative estimate of drug-likeness (QED) is 0.859. The third kappa shape index (κ3) is 2.40. The molecule has 0 aromatic carbocycles. The van der Waals surface area contributed by atoms with Gasteiger partial charge in [-0.1, -0.05) is 12.2 Å². The van der Waals surface area contributed by atoms with Crippen LogP contribution in [0.15, 0.2) is 23.0 Å². The van der Waals surface area contributed by atoms with Crippen LogP contribution in [0.3, 0.4) is 0 Å². The highest BCUT2D eigenvalue weighted by molar-refractivity contribution is 8.02. The summed E-state index contributed by atoms with van der Waals surface area (Å²) in [6.45, 7) is 1.37. The van der Waals surface area contributed by atoms with Crippen molar-refractivity contribution in [3.05, 3.63) is 24.2 Å². The van der Waals surface area contributed by atoms with E-state index in [-0.39, 0.29) is 10.7 Å². The van der Waals surface area contributed by atoms with Gasteiger partial charge in [-0.25, -0.2) is 0 Å². The van der Waals surface area contributed by atoms with Crippen LogP contribution in [0, 0.1) is 0 Å². The molecule has 0 atom stereocenters. The molecule has 0 aliphatic carbocycles. The summed E-state index contributed by atoms with van der Waals surface area (Å²) in [7, 11) is 0. The lowest BCUT2D eigenvalue weighted by molar-refractivity contribution is 0.0718. The summed E-state index contributed by atoms with van der Waals surface area (Å²) >= 11 is 6.84. The van der Waals surface area contributed by atoms with Crippen LogP contribution in [-0.4, -0.2) is 39.9 Å². The molecule has 6 heteroatoms. The molecule has 1 aromatic rings. The molecule has 4 nitrogen and oxygen atoms in total. The van der Waals surface area contributed by atoms with Crippen LogP contribution in [0.2, 0.25) is 0 Å². The molecule has 2 rings (SSSR count). The topological polar surface area (TPSA) is 59.5 Å². The molecule has 0 radical (unpaired) electrons. The molecule has 0 saturated carbocycles. The van der Waals surface area contributed by atoms with E-state index in [9.17, 15) is 4.79 Å². The first-order chi connectivity index (χ1) is 8.59. The largest absolute Gasteiger partial charge is 0.472 e. The number of hydrogen-bond donors (Lipinski definition) is 1. The van der Waals surface area contributed by atoms with Crippen molar-refractivity contribution in [1.82, 2.24) is 4.90 Å². The summed E-state index contributed by atoms with van der Waals surface area (Å²) in [5.41, 5.74) is 6.42. The minimum absolute atomic E-state index is 0.0152. The number of nitrogens with zero attached hydrogens (tertiary/aromatic N) is 1. The predicted molar refractivity (Wildman–Crippen MR) is 76.9 cm³/mol. The fraction of sp³-hybridized carbons (Fsp3) is 0.500. The smallest absolute Gasteiger partial charge is 0.257 e. The first-order valence-corrected chi connectivity index (χ1v) is 7.39. The van der Waals surface area contributed by atoms with Crippen LogP contribution in [0.1, 0.15) is 23.2 Å². The van der Waals surface area contributed by atoms with E-state index in [0.717, 1.165) is 12.8 Å². The van der Waals surface area contributed by atoms with Crippen molar-refractivity contribution >= 4 is 34.9 Å². The maximum absolute atomic E-state index is 12.1. The van der Waals surface area contributed by atoms with Gasteiger partial charge in [-0.05, 0) is 25.2 Å². The fourth-order valence-electron chi connectivity index (χ4n) is 2.19. The molecule has 1 aliphatic heterocycles. The minimum atomic E-state index is -0.150. The van der Waals surface area contributed by atoms with Crippen LogP contribution in [0.4, 0.5) is 0 Å². The number of rotatable bonds is 3. The first kappa shape index (κ1) is 13.4. The molecule has 18 heavy (non-hydrogen) atoms. The maximum Gasteiger partial charge on any atom is 0.257 e. The molecule has 2 heterocycles. The molecule has 0 bridgehead atoms. The average Bonchev–Trinajstić information content (AvgIpc) is 2.91. The molecule has 0 unspecified atom stereocenters. The third-order valence-corrected chi connectivity index (χ3v) is 5.40. The van der Waals surface area contributed by atoms with Gasteiger partial charge < -0.3 is 15.1 Å². The van der Waals surface area contributed by atoms with Crippen molar-refractivity contribution in [2.24, 2.45) is 5.73 Å². The van der Waals surface area contributed by atoms with Crippen LogP contribution in [0.25, 0.3) is 0 Å². The summed E-state index contributed by atoms with van der Waals surface area (Å²) in [5.74, 6) is 0.0152. The van der Waals surface area contributed by atoms with Crippen molar-refractivity contribution in [2.45, 2.75) is 17.6 Å². The Hall–Kier alpha value is -1.01. The highest BCUT2D eigenvalue weighted by Crippen LogP contribution is 2.35. The van der Waals surface area contributed by atoms with E-state index in [1.54, 1.807) is 17.8 Å². The number of furan rings is 1. The molecule has 1 fully saturated rings. The average molecular weight is 284 g/mol. The zero-order valence-electron chi connectivity index (χ0n) is 10.2. The van der Waals surface area contributed by atoms with Gasteiger partial charge in [0.05, 0.1) is 21.6 Å². The zero-order chi connectivity index (χ0) is 13.2. The van der Waals surface area contributed by atoms with E-state index in [1.807, 2.05) is 11.2 Å². The summed E-state index contributed by atoms with van der Waals surface area (Å²) in [5, 5.41) is 0. The second kappa shape index (κ2) is 5.32. The van der Waals surface area contributed by atoms with Gasteiger partial charge in [-0.2, -0.15) is 11.8 Å². The van der Waals surface area contributed by atoms with Gasteiger partial charge in [0.25, 0.3) is 5.91 Å².